The van der Waals surface area contributed by atoms with Gasteiger partial charge in [0, 0.05) is 32.0 Å². The van der Waals surface area contributed by atoms with E-state index in [9.17, 15) is 8.42 Å². The Bertz CT molecular complexity index is 1000. The fourth-order valence-corrected chi connectivity index (χ4v) is 4.03. The van der Waals surface area contributed by atoms with Gasteiger partial charge in [0.2, 0.25) is 0 Å². The minimum atomic E-state index is -3.23. The van der Waals surface area contributed by atoms with Crippen LogP contribution in [0.2, 0.25) is 0 Å². The highest BCUT2D eigenvalue weighted by Crippen LogP contribution is 2.33. The van der Waals surface area contributed by atoms with Crippen molar-refractivity contribution in [2.24, 2.45) is 4.99 Å². The largest absolute Gasteiger partial charge is 0.496 e. The smallest absolute Gasteiger partial charge is 0.191 e. The van der Waals surface area contributed by atoms with Crippen molar-refractivity contribution in [1.29, 1.82) is 0 Å². The molecule has 2 aromatic rings. The molecule has 31 heavy (non-hydrogen) atoms. The lowest BCUT2D eigenvalue weighted by molar-refractivity contribution is 0.368. The van der Waals surface area contributed by atoms with E-state index in [0.29, 0.717) is 46.8 Å². The third kappa shape index (κ3) is 7.17. The maximum Gasteiger partial charge on any atom is 0.191 e. The third-order valence-corrected chi connectivity index (χ3v) is 5.83. The summed E-state index contributed by atoms with van der Waals surface area (Å²) in [5, 5.41) is 6.46. The summed E-state index contributed by atoms with van der Waals surface area (Å²) in [5.41, 5.74) is 2.49. The molecule has 2 aromatic carbocycles. The number of nitrogens with zero attached hydrogens (tertiary/aromatic N) is 1. The number of hydrogen-bond acceptors (Lipinski definition) is 6. The molecule has 2 rings (SSSR count). The van der Waals surface area contributed by atoms with Crippen LogP contribution in [0.3, 0.4) is 0 Å². The van der Waals surface area contributed by atoms with E-state index >= 15 is 0 Å². The zero-order chi connectivity index (χ0) is 22.3. The molecule has 10 heteroatoms. The van der Waals surface area contributed by atoms with Crippen LogP contribution < -0.4 is 24.8 Å². The lowest BCUT2D eigenvalue weighted by Gasteiger charge is -2.17. The molecule has 0 heterocycles. The lowest BCUT2D eigenvalue weighted by atomic mass is 10.1. The third-order valence-electron chi connectivity index (χ3n) is 4.57. The monoisotopic (exact) mass is 563 g/mol. The van der Waals surface area contributed by atoms with Gasteiger partial charge in [-0.1, -0.05) is 12.1 Å². The maximum absolute atomic E-state index is 11.8. The van der Waals surface area contributed by atoms with E-state index in [1.54, 1.807) is 59.6 Å². The van der Waals surface area contributed by atoms with Gasteiger partial charge < -0.3 is 24.8 Å². The molecule has 0 aliphatic heterocycles. The normalized spacial score (nSPS) is 11.4. The van der Waals surface area contributed by atoms with Crippen LogP contribution in [-0.2, 0) is 22.9 Å². The quantitative estimate of drug-likeness (QED) is 0.290. The molecule has 0 bridgehead atoms. The lowest BCUT2D eigenvalue weighted by Crippen LogP contribution is -2.36. The van der Waals surface area contributed by atoms with Crippen LogP contribution in [0.1, 0.15) is 16.7 Å². The number of nitrogens with one attached hydrogen (secondary N) is 2. The predicted molar refractivity (Wildman–Crippen MR) is 133 cm³/mol. The number of guanidine groups is 1. The van der Waals surface area contributed by atoms with Crippen LogP contribution in [0.5, 0.6) is 17.2 Å². The Hall–Kier alpha value is -2.21. The molecule has 0 aliphatic rings. The minimum Gasteiger partial charge on any atom is -0.496 e. The zero-order valence-electron chi connectivity index (χ0n) is 18.6. The van der Waals surface area contributed by atoms with Crippen molar-refractivity contribution in [3.05, 3.63) is 47.0 Å². The van der Waals surface area contributed by atoms with Gasteiger partial charge in [0.05, 0.1) is 38.3 Å². The highest BCUT2D eigenvalue weighted by molar-refractivity contribution is 14.0. The molecule has 0 fully saturated rings. The van der Waals surface area contributed by atoms with Crippen molar-refractivity contribution in [3.63, 3.8) is 0 Å². The predicted octanol–water partition coefficient (Wildman–Crippen LogP) is 2.91. The molecule has 0 atom stereocenters. The van der Waals surface area contributed by atoms with Gasteiger partial charge in [-0.25, -0.2) is 8.42 Å². The van der Waals surface area contributed by atoms with Crippen molar-refractivity contribution in [1.82, 2.24) is 10.6 Å². The highest BCUT2D eigenvalue weighted by atomic mass is 127. The average molecular weight is 563 g/mol. The Balaban J connectivity index is 0.00000480. The summed E-state index contributed by atoms with van der Waals surface area (Å²) in [6, 6.07) is 8.86. The first-order chi connectivity index (χ1) is 14.2. The number of rotatable bonds is 8. The Morgan fingerprint density at radius 1 is 0.968 bits per heavy atom. The highest BCUT2D eigenvalue weighted by Gasteiger charge is 2.14. The number of hydrogen-bond donors (Lipinski definition) is 2. The molecule has 0 saturated carbocycles. The molecule has 0 radical (unpaired) electrons. The molecule has 0 spiro atoms. The number of aliphatic imine (C=N–C) groups is 1. The molecular weight excluding hydrogens is 533 g/mol. The number of ether oxygens (including phenoxy) is 3. The molecule has 172 valence electrons. The van der Waals surface area contributed by atoms with Crippen molar-refractivity contribution >= 4 is 39.8 Å². The van der Waals surface area contributed by atoms with Crippen LogP contribution in [-0.4, -0.2) is 49.0 Å². The van der Waals surface area contributed by atoms with Gasteiger partial charge in [-0.05, 0) is 24.1 Å². The fraction of sp³-hybridized carbons (Fsp3) is 0.381. The van der Waals surface area contributed by atoms with Gasteiger partial charge >= 0.3 is 0 Å². The second kappa shape index (κ2) is 12.0. The van der Waals surface area contributed by atoms with Crippen LogP contribution in [0.4, 0.5) is 0 Å². The second-order valence-electron chi connectivity index (χ2n) is 6.66. The summed E-state index contributed by atoms with van der Waals surface area (Å²) in [6.45, 7) is 2.69. The number of aryl methyl sites for hydroxylation is 1. The summed E-state index contributed by atoms with van der Waals surface area (Å²) >= 11 is 0. The molecule has 2 N–H and O–H groups in total. The first-order valence-corrected chi connectivity index (χ1v) is 11.2. The molecule has 0 aromatic heterocycles. The summed E-state index contributed by atoms with van der Waals surface area (Å²) in [7, 11) is 3.21. The standard InChI is InChI=1S/C21H29N3O5S.HI/c1-14-9-15(7-8-20(14)30(6,25)26)12-23-21(22-2)24-13-17-18(28-4)10-16(27-3)11-19(17)29-5;/h7-11H,12-13H2,1-6H3,(H2,22,23,24);1H. The van der Waals surface area contributed by atoms with E-state index in [0.717, 1.165) is 11.1 Å². The molecule has 8 nitrogen and oxygen atoms in total. The van der Waals surface area contributed by atoms with Crippen LogP contribution >= 0.6 is 24.0 Å². The van der Waals surface area contributed by atoms with Crippen molar-refractivity contribution < 1.29 is 22.6 Å². The summed E-state index contributed by atoms with van der Waals surface area (Å²) < 4.78 is 39.7. The Labute approximate surface area is 201 Å². The van der Waals surface area contributed by atoms with Gasteiger partial charge in [-0.2, -0.15) is 0 Å². The summed E-state index contributed by atoms with van der Waals surface area (Å²) in [5.74, 6) is 2.50. The number of benzene rings is 2. The second-order valence-corrected chi connectivity index (χ2v) is 8.65. The number of methoxy groups -OCH3 is 3. The van der Waals surface area contributed by atoms with E-state index in [1.165, 1.54) is 6.26 Å². The zero-order valence-corrected chi connectivity index (χ0v) is 21.8. The van der Waals surface area contributed by atoms with E-state index in [-0.39, 0.29) is 24.0 Å². The SMILES string of the molecule is CN=C(NCc1ccc(S(C)(=O)=O)c(C)c1)NCc1c(OC)cc(OC)cc1OC.I. The molecule has 0 saturated heterocycles. The first-order valence-electron chi connectivity index (χ1n) is 9.26. The van der Waals surface area contributed by atoms with Gasteiger partial charge in [0.15, 0.2) is 15.8 Å². The average Bonchev–Trinajstić information content (AvgIpc) is 2.72. The van der Waals surface area contributed by atoms with Gasteiger partial charge in [0.25, 0.3) is 0 Å². The summed E-state index contributed by atoms with van der Waals surface area (Å²) in [6.07, 6.45) is 1.21. The van der Waals surface area contributed by atoms with E-state index in [4.69, 9.17) is 14.2 Å². The summed E-state index contributed by atoms with van der Waals surface area (Å²) in [4.78, 5) is 4.57. The van der Waals surface area contributed by atoms with Crippen LogP contribution in [0.25, 0.3) is 0 Å². The van der Waals surface area contributed by atoms with Crippen LogP contribution in [0.15, 0.2) is 40.2 Å². The van der Waals surface area contributed by atoms with Gasteiger partial charge in [-0.3, -0.25) is 4.99 Å². The fourth-order valence-electron chi connectivity index (χ4n) is 3.07. The van der Waals surface area contributed by atoms with E-state index in [1.807, 2.05) is 6.07 Å². The van der Waals surface area contributed by atoms with Gasteiger partial charge in [0.1, 0.15) is 17.2 Å². The molecule has 0 unspecified atom stereocenters. The van der Waals surface area contributed by atoms with Crippen LogP contribution in [0, 0.1) is 6.92 Å². The van der Waals surface area contributed by atoms with Gasteiger partial charge in [-0.15, -0.1) is 24.0 Å². The topological polar surface area (TPSA) is 98.3 Å². The van der Waals surface area contributed by atoms with Crippen molar-refractivity contribution in [2.75, 3.05) is 34.6 Å². The molecular formula is C21H30IN3O5S. The molecule has 0 amide bonds. The minimum absolute atomic E-state index is 0. The Kier molecular flexibility index (Phi) is 10.4. The van der Waals surface area contributed by atoms with Crippen molar-refractivity contribution in [3.8, 4) is 17.2 Å². The Morgan fingerprint density at radius 2 is 1.55 bits per heavy atom. The number of sulfone groups is 1. The molecule has 0 aliphatic carbocycles. The van der Waals surface area contributed by atoms with E-state index < -0.39 is 9.84 Å². The first kappa shape index (κ1) is 26.8. The number of halogens is 1. The maximum atomic E-state index is 11.8. The van der Waals surface area contributed by atoms with E-state index in [2.05, 4.69) is 15.6 Å². The Morgan fingerprint density at radius 3 is 2.00 bits per heavy atom. The van der Waals surface area contributed by atoms with Crippen molar-refractivity contribution in [2.45, 2.75) is 24.9 Å².